The summed E-state index contributed by atoms with van der Waals surface area (Å²) >= 11 is 0. The van der Waals surface area contributed by atoms with E-state index in [1.165, 1.54) is 0 Å². The molecule has 2 heterocycles. The van der Waals surface area contributed by atoms with Crippen LogP contribution in [0.15, 0.2) is 6.07 Å². The minimum atomic E-state index is -0.295. The summed E-state index contributed by atoms with van der Waals surface area (Å²) in [7, 11) is 0. The Kier molecular flexibility index (Phi) is 3.23. The van der Waals surface area contributed by atoms with Gasteiger partial charge in [-0.25, -0.2) is 0 Å². The summed E-state index contributed by atoms with van der Waals surface area (Å²) in [5.41, 5.74) is 1.94. The first-order chi connectivity index (χ1) is 9.60. The molecule has 2 amide bonds. The molecule has 6 heteroatoms. The summed E-state index contributed by atoms with van der Waals surface area (Å²) in [6, 6.07) is 1.70. The third-order valence-corrected chi connectivity index (χ3v) is 4.02. The maximum atomic E-state index is 12.2. The van der Waals surface area contributed by atoms with Crippen LogP contribution in [0.2, 0.25) is 0 Å². The summed E-state index contributed by atoms with van der Waals surface area (Å²) in [5, 5.41) is 7.10. The minimum Gasteiger partial charge on any atom is -0.345 e. The van der Waals surface area contributed by atoms with Crippen molar-refractivity contribution in [2.45, 2.75) is 45.8 Å². The maximum absolute atomic E-state index is 12.2. The van der Waals surface area contributed by atoms with Crippen LogP contribution >= 0.6 is 0 Å². The fourth-order valence-corrected chi connectivity index (χ4v) is 2.91. The minimum absolute atomic E-state index is 0.00278. The number of aryl methyl sites for hydroxylation is 2. The van der Waals surface area contributed by atoms with Gasteiger partial charge in [0.05, 0.1) is 24.5 Å². The molecule has 1 unspecified atom stereocenters. The van der Waals surface area contributed by atoms with Gasteiger partial charge in [0.15, 0.2) is 0 Å². The van der Waals surface area contributed by atoms with Crippen molar-refractivity contribution in [3.63, 3.8) is 0 Å². The molecule has 1 saturated heterocycles. The molecule has 2 aliphatic rings. The van der Waals surface area contributed by atoms with Crippen molar-refractivity contribution in [1.82, 2.24) is 20.0 Å². The van der Waals surface area contributed by atoms with Crippen LogP contribution in [0.4, 0.5) is 0 Å². The molecule has 1 aliphatic heterocycles. The molecule has 1 atom stereocenters. The normalized spacial score (nSPS) is 23.1. The molecule has 6 nitrogen and oxygen atoms in total. The van der Waals surface area contributed by atoms with Gasteiger partial charge in [-0.1, -0.05) is 0 Å². The Balaban J connectivity index is 1.85. The summed E-state index contributed by atoms with van der Waals surface area (Å²) in [6.45, 7) is 5.33. The lowest BCUT2D eigenvalue weighted by Gasteiger charge is -2.35. The first-order valence-electron chi connectivity index (χ1n) is 7.20. The van der Waals surface area contributed by atoms with E-state index in [1.54, 1.807) is 4.90 Å². The molecule has 1 aromatic heterocycles. The largest absolute Gasteiger partial charge is 0.345 e. The van der Waals surface area contributed by atoms with Crippen LogP contribution in [0.1, 0.15) is 31.2 Å². The molecular weight excluding hydrogens is 256 g/mol. The molecule has 1 aromatic rings. The highest BCUT2D eigenvalue weighted by molar-refractivity contribution is 5.95. The van der Waals surface area contributed by atoms with Gasteiger partial charge >= 0.3 is 0 Å². The molecule has 0 radical (unpaired) electrons. The van der Waals surface area contributed by atoms with Crippen molar-refractivity contribution in [3.05, 3.63) is 17.5 Å². The van der Waals surface area contributed by atoms with E-state index in [0.29, 0.717) is 12.5 Å². The first kappa shape index (κ1) is 13.1. The van der Waals surface area contributed by atoms with Gasteiger partial charge in [-0.05, 0) is 38.7 Å². The molecule has 1 aliphatic carbocycles. The first-order valence-corrected chi connectivity index (χ1v) is 7.20. The number of hydrogen-bond donors (Lipinski definition) is 1. The van der Waals surface area contributed by atoms with Crippen molar-refractivity contribution in [2.24, 2.45) is 5.92 Å². The lowest BCUT2D eigenvalue weighted by atomic mass is 10.1. The number of aromatic nitrogens is 2. The predicted octanol–water partition coefficient (Wildman–Crippen LogP) is 0.448. The van der Waals surface area contributed by atoms with E-state index in [2.05, 4.69) is 10.4 Å². The topological polar surface area (TPSA) is 67.2 Å². The molecule has 0 bridgehead atoms. The zero-order valence-corrected chi connectivity index (χ0v) is 11.9. The highest BCUT2D eigenvalue weighted by Crippen LogP contribution is 2.37. The Labute approximate surface area is 118 Å². The van der Waals surface area contributed by atoms with Gasteiger partial charge in [0.2, 0.25) is 11.8 Å². The lowest BCUT2D eigenvalue weighted by molar-refractivity contribution is -0.147. The summed E-state index contributed by atoms with van der Waals surface area (Å²) < 4.78 is 1.90. The van der Waals surface area contributed by atoms with Crippen LogP contribution in [0.5, 0.6) is 0 Å². The second-order valence-electron chi connectivity index (χ2n) is 5.61. The molecule has 20 heavy (non-hydrogen) atoms. The van der Waals surface area contributed by atoms with Crippen molar-refractivity contribution >= 4 is 11.8 Å². The van der Waals surface area contributed by atoms with Gasteiger partial charge in [-0.15, -0.1) is 0 Å². The number of hydrogen-bond acceptors (Lipinski definition) is 3. The zero-order chi connectivity index (χ0) is 14.3. The van der Waals surface area contributed by atoms with E-state index in [0.717, 1.165) is 30.8 Å². The molecule has 1 N–H and O–H groups in total. The smallest absolute Gasteiger partial charge is 0.243 e. The number of nitrogens with one attached hydrogen (secondary N) is 1. The Morgan fingerprint density at radius 2 is 2.15 bits per heavy atom. The quantitative estimate of drug-likeness (QED) is 0.868. The summed E-state index contributed by atoms with van der Waals surface area (Å²) in [4.78, 5) is 26.0. The number of nitrogens with zero attached hydrogens (tertiary/aromatic N) is 3. The van der Waals surface area contributed by atoms with Gasteiger partial charge in [-0.3, -0.25) is 14.3 Å². The maximum Gasteiger partial charge on any atom is 0.243 e. The Bertz CT molecular complexity index is 547. The fourth-order valence-electron chi connectivity index (χ4n) is 2.91. The number of rotatable bonds is 4. The van der Waals surface area contributed by atoms with Gasteiger partial charge in [0.25, 0.3) is 0 Å². The monoisotopic (exact) mass is 276 g/mol. The second-order valence-corrected chi connectivity index (χ2v) is 5.61. The van der Waals surface area contributed by atoms with E-state index in [1.807, 2.05) is 24.6 Å². The third-order valence-electron chi connectivity index (χ3n) is 4.02. The lowest BCUT2D eigenvalue weighted by Crippen LogP contribution is -2.58. The van der Waals surface area contributed by atoms with Crippen LogP contribution in [-0.4, -0.2) is 39.1 Å². The number of carbonyl (C=O) groups excluding carboxylic acids is 2. The highest BCUT2D eigenvalue weighted by Gasteiger charge is 2.44. The zero-order valence-electron chi connectivity index (χ0n) is 11.9. The molecular formula is C14H20N4O2. The fraction of sp³-hybridized carbons (Fsp3) is 0.643. The second kappa shape index (κ2) is 4.92. The SMILES string of the molecule is CCn1nc(C)cc1CN1C(=O)CNC(=O)C1C1CC1. The van der Waals surface area contributed by atoms with E-state index in [4.69, 9.17) is 0 Å². The van der Waals surface area contributed by atoms with E-state index >= 15 is 0 Å². The van der Waals surface area contributed by atoms with Crippen LogP contribution < -0.4 is 5.32 Å². The summed E-state index contributed by atoms with van der Waals surface area (Å²) in [5.74, 6) is 0.327. The van der Waals surface area contributed by atoms with Crippen LogP contribution in [0.25, 0.3) is 0 Å². The molecule has 0 spiro atoms. The number of amides is 2. The Morgan fingerprint density at radius 1 is 1.40 bits per heavy atom. The van der Waals surface area contributed by atoms with Crippen molar-refractivity contribution in [1.29, 1.82) is 0 Å². The Hall–Kier alpha value is -1.85. The number of carbonyl (C=O) groups is 2. The van der Waals surface area contributed by atoms with Crippen LogP contribution in [0, 0.1) is 12.8 Å². The van der Waals surface area contributed by atoms with Crippen LogP contribution in [0.3, 0.4) is 0 Å². The number of piperazine rings is 1. The van der Waals surface area contributed by atoms with Gasteiger partial charge in [0.1, 0.15) is 6.04 Å². The van der Waals surface area contributed by atoms with Gasteiger partial charge in [0, 0.05) is 6.54 Å². The van der Waals surface area contributed by atoms with Crippen molar-refractivity contribution in [3.8, 4) is 0 Å². The average molecular weight is 276 g/mol. The van der Waals surface area contributed by atoms with Crippen molar-refractivity contribution < 1.29 is 9.59 Å². The molecule has 108 valence electrons. The van der Waals surface area contributed by atoms with Gasteiger partial charge < -0.3 is 10.2 Å². The highest BCUT2D eigenvalue weighted by atomic mass is 16.2. The van der Waals surface area contributed by atoms with Crippen LogP contribution in [-0.2, 0) is 22.7 Å². The average Bonchev–Trinajstić information content (AvgIpc) is 3.18. The summed E-state index contributed by atoms with van der Waals surface area (Å²) in [6.07, 6.45) is 2.07. The van der Waals surface area contributed by atoms with E-state index in [-0.39, 0.29) is 24.4 Å². The third kappa shape index (κ3) is 2.30. The van der Waals surface area contributed by atoms with Gasteiger partial charge in [-0.2, -0.15) is 5.10 Å². The Morgan fingerprint density at radius 3 is 2.80 bits per heavy atom. The van der Waals surface area contributed by atoms with E-state index < -0.39 is 0 Å². The van der Waals surface area contributed by atoms with E-state index in [9.17, 15) is 9.59 Å². The predicted molar refractivity (Wildman–Crippen MR) is 72.7 cm³/mol. The molecule has 3 rings (SSSR count). The molecule has 2 fully saturated rings. The molecule has 1 saturated carbocycles. The molecule has 0 aromatic carbocycles. The van der Waals surface area contributed by atoms with Crippen molar-refractivity contribution in [2.75, 3.05) is 6.54 Å². The standard InChI is InChI=1S/C14H20N4O2/c1-3-18-11(6-9(2)16-18)8-17-12(19)7-15-14(20)13(17)10-4-5-10/h6,10,13H,3-5,7-8H2,1-2H3,(H,15,20).